The second-order valence-corrected chi connectivity index (χ2v) is 5.45. The number of hydrogen-bond acceptors (Lipinski definition) is 4. The average Bonchev–Trinajstić information content (AvgIpc) is 3.05. The first-order chi connectivity index (χ1) is 12.2. The normalized spacial score (nSPS) is 11.6. The van der Waals surface area contributed by atoms with Gasteiger partial charge in [-0.25, -0.2) is 14.4 Å². The molecule has 26 heavy (non-hydrogen) atoms. The van der Waals surface area contributed by atoms with Gasteiger partial charge >= 0.3 is 6.36 Å². The summed E-state index contributed by atoms with van der Waals surface area (Å²) in [5.41, 5.74) is -0.126. The highest BCUT2D eigenvalue weighted by Crippen LogP contribution is 2.31. The third kappa shape index (κ3) is 3.41. The number of halogens is 5. The van der Waals surface area contributed by atoms with E-state index in [2.05, 4.69) is 14.7 Å². The van der Waals surface area contributed by atoms with Crippen molar-refractivity contribution in [3.05, 3.63) is 53.1 Å². The van der Waals surface area contributed by atoms with Crippen molar-refractivity contribution < 1.29 is 27.5 Å². The van der Waals surface area contributed by atoms with Crippen molar-refractivity contribution in [2.45, 2.75) is 6.36 Å². The number of ether oxygens (including phenoxy) is 1. The molecule has 0 bridgehead atoms. The highest BCUT2D eigenvalue weighted by Gasteiger charge is 2.32. The fourth-order valence-electron chi connectivity index (χ4n) is 2.27. The van der Waals surface area contributed by atoms with Gasteiger partial charge in [0.05, 0.1) is 17.0 Å². The molecule has 6 nitrogen and oxygen atoms in total. The van der Waals surface area contributed by atoms with Crippen molar-refractivity contribution in [3.8, 4) is 5.75 Å². The third-order valence-corrected chi connectivity index (χ3v) is 3.67. The number of rotatable bonds is 3. The number of hydrogen-bond donors (Lipinski definition) is 3. The molecule has 3 rings (SSSR count). The van der Waals surface area contributed by atoms with E-state index in [9.17, 15) is 22.8 Å². The molecule has 0 radical (unpaired) electrons. The maximum absolute atomic E-state index is 13.2. The van der Waals surface area contributed by atoms with E-state index in [-0.39, 0.29) is 27.3 Å². The van der Waals surface area contributed by atoms with Crippen LogP contribution in [0.5, 0.6) is 5.75 Å². The number of imidazole rings is 1. The molecule has 0 aliphatic heterocycles. The highest BCUT2D eigenvalue weighted by atomic mass is 35.5. The molecule has 2 aromatic carbocycles. The molecule has 0 unspecified atom stereocenters. The summed E-state index contributed by atoms with van der Waals surface area (Å²) in [7, 11) is 0. The fourth-order valence-corrected chi connectivity index (χ4v) is 2.44. The summed E-state index contributed by atoms with van der Waals surface area (Å²) in [5.74, 6) is -1.75. The van der Waals surface area contributed by atoms with Crippen LogP contribution in [0, 0.1) is 11.2 Å². The zero-order chi connectivity index (χ0) is 19.1. The Labute approximate surface area is 148 Å². The van der Waals surface area contributed by atoms with Gasteiger partial charge in [0.25, 0.3) is 0 Å². The molecular weight excluding hydrogens is 380 g/mol. The number of amidine groups is 1. The Kier molecular flexibility index (Phi) is 4.46. The van der Waals surface area contributed by atoms with Gasteiger partial charge in [-0.1, -0.05) is 11.6 Å². The largest absolute Gasteiger partial charge is 0.573 e. The SMILES string of the molecule is N=C(c1ccc(OC(F)(F)F)c2[nH]cnc12)N(O)c1ccc(F)c(Cl)c1. The molecule has 1 aromatic heterocycles. The number of hydroxylamine groups is 1. The van der Waals surface area contributed by atoms with Crippen molar-refractivity contribution in [3.63, 3.8) is 0 Å². The van der Waals surface area contributed by atoms with E-state index < -0.39 is 23.8 Å². The molecule has 0 fully saturated rings. The highest BCUT2D eigenvalue weighted by molar-refractivity contribution is 6.31. The van der Waals surface area contributed by atoms with Crippen LogP contribution in [0.2, 0.25) is 5.02 Å². The first-order valence-corrected chi connectivity index (χ1v) is 7.30. The van der Waals surface area contributed by atoms with E-state index in [1.165, 1.54) is 6.07 Å². The standard InChI is InChI=1S/C15H9ClF4N4O2/c16-9-5-7(1-3-10(9)17)24(25)14(21)8-2-4-11(26-15(18,19)20)13-12(8)22-6-23-13/h1-6,21,25H,(H,22,23). The second kappa shape index (κ2) is 6.46. The lowest BCUT2D eigenvalue weighted by Crippen LogP contribution is -2.27. The summed E-state index contributed by atoms with van der Waals surface area (Å²) < 4.78 is 54.5. The van der Waals surface area contributed by atoms with Crippen molar-refractivity contribution in [1.29, 1.82) is 5.41 Å². The molecule has 136 valence electrons. The van der Waals surface area contributed by atoms with Crippen molar-refractivity contribution in [2.24, 2.45) is 0 Å². The van der Waals surface area contributed by atoms with Crippen LogP contribution in [0.15, 0.2) is 36.7 Å². The van der Waals surface area contributed by atoms with E-state index in [1.54, 1.807) is 0 Å². The minimum absolute atomic E-state index is 0.0127. The first kappa shape index (κ1) is 18.0. The van der Waals surface area contributed by atoms with Crippen LogP contribution in [0.25, 0.3) is 11.0 Å². The number of nitrogens with zero attached hydrogens (tertiary/aromatic N) is 2. The van der Waals surface area contributed by atoms with Crippen LogP contribution < -0.4 is 9.80 Å². The molecule has 0 aliphatic carbocycles. The quantitative estimate of drug-likeness (QED) is 0.267. The number of aromatic amines is 1. The maximum atomic E-state index is 13.2. The number of alkyl halides is 3. The average molecular weight is 389 g/mol. The number of aromatic nitrogens is 2. The van der Waals surface area contributed by atoms with Crippen LogP contribution in [0.4, 0.5) is 23.2 Å². The second-order valence-electron chi connectivity index (χ2n) is 5.04. The first-order valence-electron chi connectivity index (χ1n) is 6.92. The summed E-state index contributed by atoms with van der Waals surface area (Å²) in [6, 6.07) is 5.40. The van der Waals surface area contributed by atoms with Gasteiger partial charge < -0.3 is 9.72 Å². The molecule has 1 heterocycles. The molecule has 3 aromatic rings. The Hall–Kier alpha value is -2.85. The van der Waals surface area contributed by atoms with Gasteiger partial charge in [0.2, 0.25) is 0 Å². The van der Waals surface area contributed by atoms with Gasteiger partial charge in [-0.05, 0) is 30.3 Å². The van der Waals surface area contributed by atoms with Crippen LogP contribution in [-0.4, -0.2) is 27.4 Å². The third-order valence-electron chi connectivity index (χ3n) is 3.38. The molecule has 0 atom stereocenters. The van der Waals surface area contributed by atoms with E-state index in [0.29, 0.717) is 5.06 Å². The van der Waals surface area contributed by atoms with Gasteiger partial charge in [0.1, 0.15) is 16.9 Å². The number of nitrogens with one attached hydrogen (secondary N) is 2. The van der Waals surface area contributed by atoms with Gasteiger partial charge in [0, 0.05) is 5.56 Å². The number of H-pyrrole nitrogens is 1. The molecule has 0 aliphatic rings. The smallest absolute Gasteiger partial charge is 0.403 e. The zero-order valence-corrected chi connectivity index (χ0v) is 13.4. The lowest BCUT2D eigenvalue weighted by molar-refractivity contribution is -0.274. The van der Waals surface area contributed by atoms with Crippen molar-refractivity contribution in [2.75, 3.05) is 5.06 Å². The predicted octanol–water partition coefficient (Wildman–Crippen LogP) is 4.48. The topological polar surface area (TPSA) is 85.2 Å². The molecule has 11 heteroatoms. The fraction of sp³-hybridized carbons (Fsp3) is 0.0667. The van der Waals surface area contributed by atoms with E-state index in [0.717, 1.165) is 30.6 Å². The maximum Gasteiger partial charge on any atom is 0.573 e. The lowest BCUT2D eigenvalue weighted by atomic mass is 10.1. The predicted molar refractivity (Wildman–Crippen MR) is 85.3 cm³/mol. The van der Waals surface area contributed by atoms with Crippen LogP contribution >= 0.6 is 11.6 Å². The Morgan fingerprint density at radius 2 is 2.00 bits per heavy atom. The monoisotopic (exact) mass is 388 g/mol. The van der Waals surface area contributed by atoms with Crippen molar-refractivity contribution in [1.82, 2.24) is 9.97 Å². The minimum atomic E-state index is -4.90. The van der Waals surface area contributed by atoms with Gasteiger partial charge in [0.15, 0.2) is 11.6 Å². The molecule has 0 amide bonds. The van der Waals surface area contributed by atoms with Gasteiger partial charge in [-0.2, -0.15) is 0 Å². The van der Waals surface area contributed by atoms with Crippen LogP contribution in [0.1, 0.15) is 5.56 Å². The van der Waals surface area contributed by atoms with E-state index in [4.69, 9.17) is 17.0 Å². The summed E-state index contributed by atoms with van der Waals surface area (Å²) >= 11 is 5.64. The summed E-state index contributed by atoms with van der Waals surface area (Å²) in [5, 5.41) is 18.4. The molecule has 0 saturated carbocycles. The minimum Gasteiger partial charge on any atom is -0.403 e. The Morgan fingerprint density at radius 1 is 1.27 bits per heavy atom. The summed E-state index contributed by atoms with van der Waals surface area (Å²) in [6.45, 7) is 0. The zero-order valence-electron chi connectivity index (χ0n) is 12.6. The summed E-state index contributed by atoms with van der Waals surface area (Å²) in [6.07, 6.45) is -3.78. The van der Waals surface area contributed by atoms with Crippen LogP contribution in [0.3, 0.4) is 0 Å². The van der Waals surface area contributed by atoms with Crippen molar-refractivity contribution >= 4 is 34.2 Å². The molecule has 3 N–H and O–H groups in total. The molecule has 0 saturated heterocycles. The number of fused-ring (bicyclic) bond motifs is 1. The lowest BCUT2D eigenvalue weighted by Gasteiger charge is -2.19. The number of benzene rings is 2. The van der Waals surface area contributed by atoms with E-state index in [1.807, 2.05) is 0 Å². The molecular formula is C15H9ClF4N4O2. The van der Waals surface area contributed by atoms with E-state index >= 15 is 0 Å². The Bertz CT molecular complexity index is 989. The van der Waals surface area contributed by atoms with Crippen LogP contribution in [-0.2, 0) is 0 Å². The Morgan fingerprint density at radius 3 is 2.65 bits per heavy atom. The number of anilines is 1. The van der Waals surface area contributed by atoms with Gasteiger partial charge in [-0.3, -0.25) is 10.6 Å². The van der Waals surface area contributed by atoms with Gasteiger partial charge in [-0.15, -0.1) is 13.2 Å². The summed E-state index contributed by atoms with van der Waals surface area (Å²) in [4.78, 5) is 6.37. The Balaban J connectivity index is 2.00. The molecule has 0 spiro atoms.